The average molecular weight is 226 g/mol. The minimum Gasteiger partial charge on any atom is -0.481 e. The Morgan fingerprint density at radius 1 is 1.50 bits per heavy atom. The van der Waals surface area contributed by atoms with E-state index in [1.165, 1.54) is 6.08 Å². The summed E-state index contributed by atoms with van der Waals surface area (Å²) >= 11 is 0. The number of hydrogen-bond acceptors (Lipinski definition) is 3. The summed E-state index contributed by atoms with van der Waals surface area (Å²) in [6.07, 6.45) is 1.56. The number of ether oxygens (including phenoxy) is 1. The van der Waals surface area contributed by atoms with Crippen molar-refractivity contribution in [1.29, 1.82) is 0 Å². The third kappa shape index (κ3) is 6.85. The van der Waals surface area contributed by atoms with Gasteiger partial charge in [0.25, 0.3) is 0 Å². The lowest BCUT2D eigenvalue weighted by atomic mass is 10.0. The third-order valence-electron chi connectivity index (χ3n) is 1.70. The topological polar surface area (TPSA) is 63.6 Å². The van der Waals surface area contributed by atoms with E-state index in [1.807, 2.05) is 0 Å². The van der Waals surface area contributed by atoms with Crippen LogP contribution in [0.5, 0.6) is 0 Å². The second-order valence-electron chi connectivity index (χ2n) is 4.44. The van der Waals surface area contributed by atoms with Crippen LogP contribution in [0.15, 0.2) is 18.4 Å². The Morgan fingerprint density at radius 3 is 2.44 bits per heavy atom. The van der Waals surface area contributed by atoms with Gasteiger partial charge in [0.05, 0.1) is 5.92 Å². The van der Waals surface area contributed by atoms with Gasteiger partial charge in [-0.15, -0.1) is 5.73 Å². The Hall–Kier alpha value is -1.54. The van der Waals surface area contributed by atoms with Gasteiger partial charge in [-0.1, -0.05) is 6.58 Å². The van der Waals surface area contributed by atoms with E-state index >= 15 is 0 Å². The number of aliphatic carboxylic acids is 1. The van der Waals surface area contributed by atoms with E-state index in [4.69, 9.17) is 9.84 Å². The zero-order valence-electron chi connectivity index (χ0n) is 9.95. The van der Waals surface area contributed by atoms with Gasteiger partial charge in [0.2, 0.25) is 0 Å². The van der Waals surface area contributed by atoms with Crippen LogP contribution in [-0.4, -0.2) is 22.6 Å². The number of rotatable bonds is 5. The molecule has 0 spiro atoms. The summed E-state index contributed by atoms with van der Waals surface area (Å²) in [6, 6.07) is 0. The lowest BCUT2D eigenvalue weighted by molar-refractivity contribution is -0.158. The molecule has 0 aromatic carbocycles. The molecule has 0 radical (unpaired) electrons. The summed E-state index contributed by atoms with van der Waals surface area (Å²) < 4.78 is 5.15. The molecule has 1 unspecified atom stereocenters. The zero-order valence-corrected chi connectivity index (χ0v) is 9.95. The van der Waals surface area contributed by atoms with Crippen LogP contribution in [0, 0.1) is 5.92 Å². The maximum atomic E-state index is 11.6. The molecule has 1 N–H and O–H groups in total. The molecule has 4 heteroatoms. The Labute approximate surface area is 95.6 Å². The molecule has 0 fully saturated rings. The van der Waals surface area contributed by atoms with E-state index in [2.05, 4.69) is 12.3 Å². The molecular weight excluding hydrogens is 208 g/mol. The fourth-order valence-corrected chi connectivity index (χ4v) is 1.07. The summed E-state index contributed by atoms with van der Waals surface area (Å²) in [7, 11) is 0. The lowest BCUT2D eigenvalue weighted by Crippen LogP contribution is -2.28. The zero-order chi connectivity index (χ0) is 12.8. The molecule has 90 valence electrons. The number of esters is 1. The van der Waals surface area contributed by atoms with Crippen molar-refractivity contribution in [2.24, 2.45) is 5.92 Å². The van der Waals surface area contributed by atoms with Gasteiger partial charge in [-0.05, 0) is 33.3 Å². The molecule has 0 amide bonds. The van der Waals surface area contributed by atoms with Crippen LogP contribution in [-0.2, 0) is 14.3 Å². The summed E-state index contributed by atoms with van der Waals surface area (Å²) in [5, 5.41) is 8.54. The van der Waals surface area contributed by atoms with E-state index < -0.39 is 23.5 Å². The Kier molecular flexibility index (Phi) is 5.54. The number of hydrogen-bond donors (Lipinski definition) is 1. The van der Waals surface area contributed by atoms with E-state index in [1.54, 1.807) is 20.8 Å². The van der Waals surface area contributed by atoms with Gasteiger partial charge >= 0.3 is 11.9 Å². The molecule has 0 aromatic heterocycles. The standard InChI is InChI=1S/C12H18O4/c1-5-6-9(7-8-10(13)14)11(15)16-12(2,3)4/h6,9H,1,7-8H2,2-4H3,(H,13,14). The molecule has 0 aromatic rings. The minimum absolute atomic E-state index is 0.0813. The maximum absolute atomic E-state index is 11.6. The summed E-state index contributed by atoms with van der Waals surface area (Å²) in [5.41, 5.74) is 1.91. The first-order valence-electron chi connectivity index (χ1n) is 5.07. The first-order chi connectivity index (χ1) is 7.26. The predicted molar refractivity (Wildman–Crippen MR) is 59.9 cm³/mol. The molecule has 0 saturated carbocycles. The van der Waals surface area contributed by atoms with Crippen LogP contribution in [0.25, 0.3) is 0 Å². The van der Waals surface area contributed by atoms with Crippen LogP contribution in [0.4, 0.5) is 0 Å². The molecule has 0 aliphatic rings. The largest absolute Gasteiger partial charge is 0.481 e. The smallest absolute Gasteiger partial charge is 0.313 e. The van der Waals surface area contributed by atoms with Gasteiger partial charge in [-0.25, -0.2) is 0 Å². The highest BCUT2D eigenvalue weighted by Gasteiger charge is 2.23. The van der Waals surface area contributed by atoms with E-state index in [0.29, 0.717) is 0 Å². The highest BCUT2D eigenvalue weighted by atomic mass is 16.6. The Bertz CT molecular complexity index is 305. The second kappa shape index (κ2) is 6.13. The first kappa shape index (κ1) is 14.5. The van der Waals surface area contributed by atoms with Crippen LogP contribution < -0.4 is 0 Å². The highest BCUT2D eigenvalue weighted by molar-refractivity contribution is 5.76. The molecular formula is C12H18O4. The summed E-state index contributed by atoms with van der Waals surface area (Å²) in [4.78, 5) is 22.1. The van der Waals surface area contributed by atoms with Gasteiger partial charge in [-0.2, -0.15) is 0 Å². The quantitative estimate of drug-likeness (QED) is 0.576. The molecule has 0 saturated heterocycles. The molecule has 1 atom stereocenters. The normalized spacial score (nSPS) is 12.4. The third-order valence-corrected chi connectivity index (χ3v) is 1.70. The number of carbonyl (C=O) groups is 2. The van der Waals surface area contributed by atoms with Crippen LogP contribution >= 0.6 is 0 Å². The maximum Gasteiger partial charge on any atom is 0.313 e. The van der Waals surface area contributed by atoms with Crippen molar-refractivity contribution in [3.63, 3.8) is 0 Å². The fourth-order valence-electron chi connectivity index (χ4n) is 1.07. The molecule has 16 heavy (non-hydrogen) atoms. The molecule has 0 aliphatic carbocycles. The minimum atomic E-state index is -0.939. The number of carbonyl (C=O) groups excluding carboxylic acids is 1. The molecule has 4 nitrogen and oxygen atoms in total. The highest BCUT2D eigenvalue weighted by Crippen LogP contribution is 2.16. The Morgan fingerprint density at radius 2 is 2.06 bits per heavy atom. The first-order valence-corrected chi connectivity index (χ1v) is 5.07. The van der Waals surface area contributed by atoms with Crippen molar-refractivity contribution in [3.05, 3.63) is 18.4 Å². The van der Waals surface area contributed by atoms with Crippen molar-refractivity contribution in [3.8, 4) is 0 Å². The van der Waals surface area contributed by atoms with Gasteiger partial charge in [-0.3, -0.25) is 9.59 Å². The summed E-state index contributed by atoms with van der Waals surface area (Å²) in [6.45, 7) is 8.65. The van der Waals surface area contributed by atoms with Crippen LogP contribution in [0.2, 0.25) is 0 Å². The number of carboxylic acid groups (broad SMARTS) is 1. The molecule has 0 bridgehead atoms. The summed E-state index contributed by atoms with van der Waals surface area (Å²) in [5.74, 6) is -1.97. The van der Waals surface area contributed by atoms with Gasteiger partial charge in [0.1, 0.15) is 5.60 Å². The SMILES string of the molecule is C=C=CC(CCC(=O)O)C(=O)OC(C)(C)C. The van der Waals surface area contributed by atoms with Gasteiger partial charge in [0, 0.05) is 6.42 Å². The van der Waals surface area contributed by atoms with E-state index in [9.17, 15) is 9.59 Å². The monoisotopic (exact) mass is 226 g/mol. The lowest BCUT2D eigenvalue weighted by Gasteiger charge is -2.22. The fraction of sp³-hybridized carbons (Fsp3) is 0.583. The van der Waals surface area contributed by atoms with Crippen molar-refractivity contribution < 1.29 is 19.4 Å². The van der Waals surface area contributed by atoms with Crippen LogP contribution in [0.1, 0.15) is 33.6 Å². The Balaban J connectivity index is 4.47. The molecule has 0 aliphatic heterocycles. The second-order valence-corrected chi connectivity index (χ2v) is 4.44. The van der Waals surface area contributed by atoms with Crippen molar-refractivity contribution >= 4 is 11.9 Å². The van der Waals surface area contributed by atoms with Crippen molar-refractivity contribution in [1.82, 2.24) is 0 Å². The van der Waals surface area contributed by atoms with Crippen molar-refractivity contribution in [2.75, 3.05) is 0 Å². The van der Waals surface area contributed by atoms with E-state index in [0.717, 1.165) is 0 Å². The number of carboxylic acids is 1. The van der Waals surface area contributed by atoms with Crippen LogP contribution in [0.3, 0.4) is 0 Å². The van der Waals surface area contributed by atoms with Gasteiger partial charge in [0.15, 0.2) is 0 Å². The molecule has 0 rings (SSSR count). The van der Waals surface area contributed by atoms with E-state index in [-0.39, 0.29) is 12.8 Å². The average Bonchev–Trinajstić information content (AvgIpc) is 2.08. The molecule has 0 heterocycles. The predicted octanol–water partition coefficient (Wildman–Crippen LogP) is 2.15. The van der Waals surface area contributed by atoms with Gasteiger partial charge < -0.3 is 9.84 Å². The van der Waals surface area contributed by atoms with Crippen molar-refractivity contribution in [2.45, 2.75) is 39.2 Å².